The summed E-state index contributed by atoms with van der Waals surface area (Å²) in [7, 11) is 1.93. The van der Waals surface area contributed by atoms with Crippen LogP contribution in [-0.2, 0) is 11.2 Å². The first kappa shape index (κ1) is 20.6. The molecule has 0 aliphatic heterocycles. The SMILES string of the molecule is CNCCc1c(C)[nH]c(/C=C(\C=O)c2c(N)cccc2-c2cccc(F)c2)c1C. The second-order valence-electron chi connectivity index (χ2n) is 7.12. The number of hydrogen-bond donors (Lipinski definition) is 3. The van der Waals surface area contributed by atoms with Gasteiger partial charge in [0.25, 0.3) is 0 Å². The average molecular weight is 391 g/mol. The minimum Gasteiger partial charge on any atom is -0.398 e. The highest BCUT2D eigenvalue weighted by molar-refractivity contribution is 6.17. The molecule has 4 nitrogen and oxygen atoms in total. The van der Waals surface area contributed by atoms with Gasteiger partial charge in [-0.1, -0.05) is 24.3 Å². The molecule has 0 fully saturated rings. The Morgan fingerprint density at radius 3 is 2.66 bits per heavy atom. The van der Waals surface area contributed by atoms with Crippen molar-refractivity contribution in [1.29, 1.82) is 0 Å². The van der Waals surface area contributed by atoms with Gasteiger partial charge in [0.05, 0.1) is 0 Å². The smallest absolute Gasteiger partial charge is 0.150 e. The third-order valence-electron chi connectivity index (χ3n) is 5.20. The van der Waals surface area contributed by atoms with Gasteiger partial charge in [0, 0.05) is 28.2 Å². The van der Waals surface area contributed by atoms with Crippen molar-refractivity contribution in [3.05, 3.63) is 76.4 Å². The monoisotopic (exact) mass is 391 g/mol. The number of nitrogens with two attached hydrogens (primary N) is 1. The van der Waals surface area contributed by atoms with Crippen LogP contribution in [0.25, 0.3) is 22.8 Å². The van der Waals surface area contributed by atoms with E-state index in [9.17, 15) is 9.18 Å². The lowest BCUT2D eigenvalue weighted by Gasteiger charge is -2.13. The maximum absolute atomic E-state index is 13.8. The molecule has 150 valence electrons. The minimum atomic E-state index is -0.336. The molecule has 0 bridgehead atoms. The van der Waals surface area contributed by atoms with Crippen LogP contribution < -0.4 is 11.1 Å². The molecule has 4 N–H and O–H groups in total. The summed E-state index contributed by atoms with van der Waals surface area (Å²) in [4.78, 5) is 15.4. The van der Waals surface area contributed by atoms with E-state index in [0.717, 1.165) is 41.8 Å². The zero-order valence-corrected chi connectivity index (χ0v) is 17.0. The van der Waals surface area contributed by atoms with Crippen molar-refractivity contribution in [2.75, 3.05) is 19.3 Å². The highest BCUT2D eigenvalue weighted by Crippen LogP contribution is 2.34. The first-order chi connectivity index (χ1) is 14.0. The highest BCUT2D eigenvalue weighted by Gasteiger charge is 2.16. The number of H-pyrrole nitrogens is 1. The van der Waals surface area contributed by atoms with E-state index in [2.05, 4.69) is 10.3 Å². The van der Waals surface area contributed by atoms with Gasteiger partial charge in [-0.2, -0.15) is 0 Å². The predicted molar refractivity (Wildman–Crippen MR) is 118 cm³/mol. The summed E-state index contributed by atoms with van der Waals surface area (Å²) in [5, 5.41) is 3.16. The number of halogens is 1. The largest absolute Gasteiger partial charge is 0.398 e. The number of nitrogen functional groups attached to an aromatic ring is 1. The molecule has 0 atom stereocenters. The van der Waals surface area contributed by atoms with Crippen LogP contribution in [0.15, 0.2) is 42.5 Å². The van der Waals surface area contributed by atoms with Crippen molar-refractivity contribution < 1.29 is 9.18 Å². The fourth-order valence-electron chi connectivity index (χ4n) is 3.69. The van der Waals surface area contributed by atoms with Crippen LogP contribution in [0.3, 0.4) is 0 Å². The van der Waals surface area contributed by atoms with Gasteiger partial charge in [0.1, 0.15) is 5.82 Å². The molecule has 0 aliphatic rings. The summed E-state index contributed by atoms with van der Waals surface area (Å²) in [6.45, 7) is 4.95. The molecular formula is C24H26FN3O. The number of carbonyl (C=O) groups is 1. The Kier molecular flexibility index (Phi) is 6.29. The van der Waals surface area contributed by atoms with Crippen molar-refractivity contribution in [3.8, 4) is 11.1 Å². The summed E-state index contributed by atoms with van der Waals surface area (Å²) in [5.74, 6) is -0.336. The molecule has 2 aromatic carbocycles. The molecule has 0 aliphatic carbocycles. The van der Waals surface area contributed by atoms with Gasteiger partial charge < -0.3 is 16.0 Å². The molecule has 3 rings (SSSR count). The maximum Gasteiger partial charge on any atom is 0.150 e. The molecule has 29 heavy (non-hydrogen) atoms. The second kappa shape index (κ2) is 8.88. The first-order valence-corrected chi connectivity index (χ1v) is 9.60. The molecule has 3 aromatic rings. The number of rotatable bonds is 7. The predicted octanol–water partition coefficient (Wildman–Crippen LogP) is 4.52. The van der Waals surface area contributed by atoms with E-state index in [1.807, 2.05) is 39.1 Å². The molecule has 5 heteroatoms. The Labute approximate surface area is 170 Å². The molecular weight excluding hydrogens is 365 g/mol. The summed E-state index contributed by atoms with van der Waals surface area (Å²) in [6, 6.07) is 11.7. The second-order valence-corrected chi connectivity index (χ2v) is 7.12. The normalized spacial score (nSPS) is 11.7. The fraction of sp³-hybridized carbons (Fsp3) is 0.208. The van der Waals surface area contributed by atoms with Crippen LogP contribution in [0.2, 0.25) is 0 Å². The number of nitrogens with one attached hydrogen (secondary N) is 2. The standard InChI is InChI=1S/C24H26FN3O/c1-15-20(10-11-27-3)16(2)28-23(15)13-18(14-29)24-21(8-5-9-22(24)26)17-6-4-7-19(25)12-17/h4-9,12-14,27-28H,10-11,26H2,1-3H3/b18-13+. The zero-order chi connectivity index (χ0) is 21.0. The van der Waals surface area contributed by atoms with E-state index in [4.69, 9.17) is 5.73 Å². The van der Waals surface area contributed by atoms with Crippen molar-refractivity contribution in [3.63, 3.8) is 0 Å². The van der Waals surface area contributed by atoms with E-state index in [0.29, 0.717) is 22.4 Å². The lowest BCUT2D eigenvalue weighted by Crippen LogP contribution is -2.11. The maximum atomic E-state index is 13.8. The number of likely N-dealkylation sites (N-methyl/N-ethyl adjacent to an activating group) is 1. The van der Waals surface area contributed by atoms with Gasteiger partial charge in [0.2, 0.25) is 0 Å². The molecule has 0 radical (unpaired) electrons. The van der Waals surface area contributed by atoms with Gasteiger partial charge in [-0.25, -0.2) is 4.39 Å². The van der Waals surface area contributed by atoms with Crippen LogP contribution in [-0.4, -0.2) is 24.9 Å². The molecule has 1 aromatic heterocycles. The highest BCUT2D eigenvalue weighted by atomic mass is 19.1. The Morgan fingerprint density at radius 2 is 1.97 bits per heavy atom. The number of aryl methyl sites for hydroxylation is 1. The lowest BCUT2D eigenvalue weighted by atomic mass is 9.92. The van der Waals surface area contributed by atoms with Crippen molar-refractivity contribution in [2.24, 2.45) is 0 Å². The summed E-state index contributed by atoms with van der Waals surface area (Å²) < 4.78 is 13.8. The van der Waals surface area contributed by atoms with E-state index in [1.54, 1.807) is 18.2 Å². The van der Waals surface area contributed by atoms with Gasteiger partial charge >= 0.3 is 0 Å². The van der Waals surface area contributed by atoms with Crippen molar-refractivity contribution in [1.82, 2.24) is 10.3 Å². The number of aromatic nitrogens is 1. The number of allylic oxidation sites excluding steroid dienone is 1. The number of anilines is 1. The molecule has 0 amide bonds. The van der Waals surface area contributed by atoms with Gasteiger partial charge in [-0.05, 0) is 80.4 Å². The lowest BCUT2D eigenvalue weighted by molar-refractivity contribution is -0.103. The molecule has 0 spiro atoms. The van der Waals surface area contributed by atoms with Crippen LogP contribution in [0.4, 0.5) is 10.1 Å². The van der Waals surface area contributed by atoms with Crippen LogP contribution in [0.5, 0.6) is 0 Å². The Balaban J connectivity index is 2.14. The summed E-state index contributed by atoms with van der Waals surface area (Å²) in [6.07, 6.45) is 3.53. The van der Waals surface area contributed by atoms with Crippen LogP contribution in [0, 0.1) is 19.7 Å². The molecule has 0 saturated heterocycles. The van der Waals surface area contributed by atoms with Gasteiger partial charge in [-0.3, -0.25) is 4.79 Å². The molecule has 1 heterocycles. The van der Waals surface area contributed by atoms with E-state index in [1.165, 1.54) is 17.7 Å². The number of hydrogen-bond acceptors (Lipinski definition) is 3. The van der Waals surface area contributed by atoms with Crippen LogP contribution in [0.1, 0.15) is 28.1 Å². The van der Waals surface area contributed by atoms with Crippen LogP contribution >= 0.6 is 0 Å². The number of carbonyl (C=O) groups excluding carboxylic acids is 1. The summed E-state index contributed by atoms with van der Waals surface area (Å²) >= 11 is 0. The first-order valence-electron chi connectivity index (χ1n) is 9.60. The molecule has 0 saturated carbocycles. The van der Waals surface area contributed by atoms with E-state index < -0.39 is 0 Å². The third kappa shape index (κ3) is 4.30. The van der Waals surface area contributed by atoms with E-state index in [-0.39, 0.29) is 5.82 Å². The van der Waals surface area contributed by atoms with Gasteiger partial charge in [0.15, 0.2) is 6.29 Å². The Hall–Kier alpha value is -3.18. The summed E-state index contributed by atoms with van der Waals surface area (Å²) in [5.41, 5.74) is 13.5. The quantitative estimate of drug-likeness (QED) is 0.315. The third-order valence-corrected chi connectivity index (χ3v) is 5.20. The molecule has 0 unspecified atom stereocenters. The van der Waals surface area contributed by atoms with Gasteiger partial charge in [-0.15, -0.1) is 0 Å². The van der Waals surface area contributed by atoms with Crippen molar-refractivity contribution in [2.45, 2.75) is 20.3 Å². The number of aromatic amines is 1. The minimum absolute atomic E-state index is 0.336. The van der Waals surface area contributed by atoms with Crippen molar-refractivity contribution >= 4 is 23.6 Å². The number of aldehydes is 1. The zero-order valence-electron chi connectivity index (χ0n) is 17.0. The average Bonchev–Trinajstić information content (AvgIpc) is 2.97. The Bertz CT molecular complexity index is 1070. The Morgan fingerprint density at radius 1 is 1.21 bits per heavy atom. The van der Waals surface area contributed by atoms with E-state index >= 15 is 0 Å². The number of benzene rings is 2. The topological polar surface area (TPSA) is 70.9 Å². The fourth-order valence-corrected chi connectivity index (χ4v) is 3.69.